The van der Waals surface area contributed by atoms with Crippen LogP contribution in [0.3, 0.4) is 0 Å². The van der Waals surface area contributed by atoms with Crippen LogP contribution in [0, 0.1) is 0 Å². The van der Waals surface area contributed by atoms with Crippen molar-refractivity contribution in [2.24, 2.45) is 4.99 Å². The number of hydrogen-bond donors (Lipinski definition) is 1. The van der Waals surface area contributed by atoms with E-state index in [1.807, 2.05) is 42.5 Å². The van der Waals surface area contributed by atoms with Crippen LogP contribution in [0.1, 0.15) is 11.3 Å². The number of aliphatic imine (C=N–C) groups is 1. The first-order valence-corrected chi connectivity index (χ1v) is 6.99. The molecule has 0 aliphatic rings. The van der Waals surface area contributed by atoms with Gasteiger partial charge in [-0.25, -0.2) is 15.0 Å². The van der Waals surface area contributed by atoms with E-state index in [0.29, 0.717) is 12.2 Å². The Hall–Kier alpha value is -3.01. The zero-order valence-corrected chi connectivity index (χ0v) is 12.1. The largest absolute Gasteiger partial charge is 0.399 e. The van der Waals surface area contributed by atoms with Gasteiger partial charge in [0.15, 0.2) is 5.82 Å². The Morgan fingerprint density at radius 2 is 1.73 bits per heavy atom. The molecule has 0 bridgehead atoms. The fourth-order valence-corrected chi connectivity index (χ4v) is 2.25. The molecule has 1 aromatic heterocycles. The molecule has 0 spiro atoms. The van der Waals surface area contributed by atoms with Crippen molar-refractivity contribution in [3.05, 3.63) is 72.1 Å². The molecule has 2 N–H and O–H groups in total. The van der Waals surface area contributed by atoms with Gasteiger partial charge in [-0.15, -0.1) is 0 Å². The number of nitrogens with two attached hydrogens (primary N) is 1. The third kappa shape index (κ3) is 3.01. The summed E-state index contributed by atoms with van der Waals surface area (Å²) in [7, 11) is 0. The summed E-state index contributed by atoms with van der Waals surface area (Å²) in [5.74, 6) is 0.572. The van der Waals surface area contributed by atoms with Crippen molar-refractivity contribution in [2.75, 3.05) is 5.73 Å². The predicted molar refractivity (Wildman–Crippen MR) is 90.3 cm³/mol. The average molecular weight is 288 g/mol. The minimum Gasteiger partial charge on any atom is -0.399 e. The maximum Gasteiger partial charge on any atom is 0.173 e. The van der Waals surface area contributed by atoms with Gasteiger partial charge in [-0.1, -0.05) is 42.5 Å². The van der Waals surface area contributed by atoms with E-state index in [2.05, 4.69) is 28.8 Å². The van der Waals surface area contributed by atoms with Crippen molar-refractivity contribution >= 4 is 18.2 Å². The van der Waals surface area contributed by atoms with Crippen molar-refractivity contribution in [3.63, 3.8) is 0 Å². The number of nitrogens with zero attached hydrogens (tertiary/aromatic N) is 3. The van der Waals surface area contributed by atoms with Gasteiger partial charge >= 0.3 is 0 Å². The fourth-order valence-electron chi connectivity index (χ4n) is 2.25. The molecule has 0 saturated carbocycles. The van der Waals surface area contributed by atoms with Crippen molar-refractivity contribution in [2.45, 2.75) is 6.42 Å². The molecule has 108 valence electrons. The van der Waals surface area contributed by atoms with E-state index in [1.165, 1.54) is 0 Å². The van der Waals surface area contributed by atoms with Crippen LogP contribution in [-0.2, 0) is 6.42 Å². The second kappa shape index (κ2) is 6.18. The van der Waals surface area contributed by atoms with Crippen LogP contribution in [0.2, 0.25) is 0 Å². The van der Waals surface area contributed by atoms with E-state index in [9.17, 15) is 0 Å². The van der Waals surface area contributed by atoms with Gasteiger partial charge in [0.05, 0.1) is 17.6 Å². The van der Waals surface area contributed by atoms with Crippen molar-refractivity contribution in [1.82, 2.24) is 9.97 Å². The van der Waals surface area contributed by atoms with Crippen LogP contribution in [0.4, 0.5) is 11.5 Å². The molecule has 1 heterocycles. The topological polar surface area (TPSA) is 64.2 Å². The van der Waals surface area contributed by atoms with Crippen LogP contribution < -0.4 is 5.73 Å². The zero-order chi connectivity index (χ0) is 15.4. The summed E-state index contributed by atoms with van der Waals surface area (Å²) < 4.78 is 0. The lowest BCUT2D eigenvalue weighted by atomic mass is 10.1. The lowest BCUT2D eigenvalue weighted by Crippen LogP contribution is -1.97. The monoisotopic (exact) mass is 288 g/mol. The Balaban J connectivity index is 1.99. The Kier molecular flexibility index (Phi) is 3.92. The number of nitrogen functional groups attached to an aromatic ring is 1. The van der Waals surface area contributed by atoms with Gasteiger partial charge in [0.25, 0.3) is 0 Å². The van der Waals surface area contributed by atoms with E-state index in [4.69, 9.17) is 10.7 Å². The van der Waals surface area contributed by atoms with Crippen LogP contribution in [0.25, 0.3) is 11.3 Å². The lowest BCUT2D eigenvalue weighted by molar-refractivity contribution is 1.03. The summed E-state index contributed by atoms with van der Waals surface area (Å²) in [6, 6.07) is 17.7. The van der Waals surface area contributed by atoms with Crippen molar-refractivity contribution < 1.29 is 0 Å². The highest BCUT2D eigenvalue weighted by molar-refractivity contribution is 5.62. The number of aromatic nitrogens is 2. The summed E-state index contributed by atoms with van der Waals surface area (Å²) >= 11 is 0. The molecule has 3 aromatic rings. The molecule has 4 nitrogen and oxygen atoms in total. The quantitative estimate of drug-likeness (QED) is 0.588. The average Bonchev–Trinajstić information content (AvgIpc) is 2.56. The third-order valence-electron chi connectivity index (χ3n) is 3.39. The number of anilines is 1. The van der Waals surface area contributed by atoms with Crippen molar-refractivity contribution in [1.29, 1.82) is 0 Å². The number of hydrogen-bond acceptors (Lipinski definition) is 4. The molecule has 0 atom stereocenters. The second-order valence-electron chi connectivity index (χ2n) is 4.97. The van der Waals surface area contributed by atoms with E-state index in [0.717, 1.165) is 28.2 Å². The van der Waals surface area contributed by atoms with Crippen LogP contribution in [0.15, 0.2) is 65.8 Å². The zero-order valence-electron chi connectivity index (χ0n) is 12.1. The maximum absolute atomic E-state index is 5.72. The highest BCUT2D eigenvalue weighted by Crippen LogP contribution is 2.23. The SMILES string of the molecule is C=Nc1ncc(-c2ccc(N)cc2)nc1Cc1ccccc1. The van der Waals surface area contributed by atoms with Gasteiger partial charge in [0.2, 0.25) is 0 Å². The Bertz CT molecular complexity index is 780. The Morgan fingerprint density at radius 3 is 2.41 bits per heavy atom. The predicted octanol–water partition coefficient (Wildman–Crippen LogP) is 3.65. The molecule has 0 amide bonds. The summed E-state index contributed by atoms with van der Waals surface area (Å²) in [4.78, 5) is 13.0. The first kappa shape index (κ1) is 13.9. The second-order valence-corrected chi connectivity index (χ2v) is 4.97. The van der Waals surface area contributed by atoms with Gasteiger partial charge in [-0.3, -0.25) is 0 Å². The smallest absolute Gasteiger partial charge is 0.173 e. The maximum atomic E-state index is 5.72. The third-order valence-corrected chi connectivity index (χ3v) is 3.39. The molecule has 3 rings (SSSR count). The molecule has 0 fully saturated rings. The molecule has 22 heavy (non-hydrogen) atoms. The minimum absolute atomic E-state index is 0.572. The lowest BCUT2D eigenvalue weighted by Gasteiger charge is -2.07. The molecule has 0 radical (unpaired) electrons. The minimum atomic E-state index is 0.572. The Labute approximate surface area is 129 Å². The molecular formula is C18H16N4. The van der Waals surface area contributed by atoms with E-state index >= 15 is 0 Å². The van der Waals surface area contributed by atoms with Gasteiger partial charge in [-0.05, 0) is 24.4 Å². The fraction of sp³-hybridized carbons (Fsp3) is 0.0556. The molecule has 4 heteroatoms. The first-order valence-electron chi connectivity index (χ1n) is 6.99. The normalized spacial score (nSPS) is 10.4. The highest BCUT2D eigenvalue weighted by atomic mass is 14.9. The van der Waals surface area contributed by atoms with Gasteiger partial charge in [-0.2, -0.15) is 0 Å². The Morgan fingerprint density at radius 1 is 1.00 bits per heavy atom. The summed E-state index contributed by atoms with van der Waals surface area (Å²) in [5, 5.41) is 0. The molecule has 0 aliphatic heterocycles. The summed E-state index contributed by atoms with van der Waals surface area (Å²) in [6.07, 6.45) is 2.38. The molecule has 2 aromatic carbocycles. The summed E-state index contributed by atoms with van der Waals surface area (Å²) in [5.41, 5.74) is 10.2. The van der Waals surface area contributed by atoms with Crippen molar-refractivity contribution in [3.8, 4) is 11.3 Å². The highest BCUT2D eigenvalue weighted by Gasteiger charge is 2.09. The summed E-state index contributed by atoms with van der Waals surface area (Å²) in [6.45, 7) is 3.58. The first-order chi connectivity index (χ1) is 10.8. The van der Waals surface area contributed by atoms with E-state index in [1.54, 1.807) is 6.20 Å². The molecular weight excluding hydrogens is 272 g/mol. The van der Waals surface area contributed by atoms with Gasteiger partial charge in [0.1, 0.15) is 0 Å². The number of benzene rings is 2. The van der Waals surface area contributed by atoms with Crippen LogP contribution in [-0.4, -0.2) is 16.7 Å². The van der Waals surface area contributed by atoms with E-state index < -0.39 is 0 Å². The van der Waals surface area contributed by atoms with Crippen LogP contribution >= 0.6 is 0 Å². The number of rotatable bonds is 4. The van der Waals surface area contributed by atoms with E-state index in [-0.39, 0.29) is 0 Å². The van der Waals surface area contributed by atoms with Gasteiger partial charge in [0, 0.05) is 17.7 Å². The molecule has 0 unspecified atom stereocenters. The molecule has 0 aliphatic carbocycles. The molecule has 0 saturated heterocycles. The van der Waals surface area contributed by atoms with Crippen LogP contribution in [0.5, 0.6) is 0 Å². The van der Waals surface area contributed by atoms with Gasteiger partial charge < -0.3 is 5.73 Å². The standard InChI is InChI=1S/C18H16N4/c1-20-18-16(11-13-5-3-2-4-6-13)22-17(12-21-18)14-7-9-15(19)10-8-14/h2-10,12H,1,11,19H2.